The second-order valence-corrected chi connectivity index (χ2v) is 8.47. The molecule has 1 atom stereocenters. The topological polar surface area (TPSA) is 63.5 Å². The van der Waals surface area contributed by atoms with Crippen LogP contribution in [-0.4, -0.2) is 63.0 Å². The van der Waals surface area contributed by atoms with Crippen molar-refractivity contribution < 1.29 is 9.53 Å². The maximum absolute atomic E-state index is 13.3. The summed E-state index contributed by atoms with van der Waals surface area (Å²) in [5, 5.41) is 0. The second kappa shape index (κ2) is 9.53. The van der Waals surface area contributed by atoms with E-state index in [0.717, 1.165) is 43.2 Å². The van der Waals surface area contributed by atoms with E-state index in [-0.39, 0.29) is 11.9 Å². The Balaban J connectivity index is 1.24. The van der Waals surface area contributed by atoms with E-state index in [0.29, 0.717) is 12.2 Å². The Kier molecular flexibility index (Phi) is 6.16. The zero-order valence-corrected chi connectivity index (χ0v) is 18.3. The van der Waals surface area contributed by atoms with Gasteiger partial charge in [-0.15, -0.1) is 0 Å². The molecule has 1 amide bonds. The first-order valence-electron chi connectivity index (χ1n) is 11.5. The summed E-state index contributed by atoms with van der Waals surface area (Å²) >= 11 is 0. The number of amides is 1. The fourth-order valence-corrected chi connectivity index (χ4v) is 4.64. The fraction of sp³-hybridized carbons (Fsp3) is 0.400. The first-order chi connectivity index (χ1) is 15.8. The first kappa shape index (κ1) is 20.7. The lowest BCUT2D eigenvalue weighted by Crippen LogP contribution is -2.31. The molecule has 7 nitrogen and oxygen atoms in total. The molecule has 4 heterocycles. The van der Waals surface area contributed by atoms with Gasteiger partial charge >= 0.3 is 0 Å². The van der Waals surface area contributed by atoms with Crippen molar-refractivity contribution in [3.05, 3.63) is 72.4 Å². The molecule has 5 rings (SSSR count). The molecule has 7 heteroatoms. The molecule has 0 N–H and O–H groups in total. The molecule has 166 valence electrons. The van der Waals surface area contributed by atoms with Gasteiger partial charge in [0.2, 0.25) is 0 Å². The Morgan fingerprint density at radius 1 is 1.03 bits per heavy atom. The van der Waals surface area contributed by atoms with E-state index in [1.54, 1.807) is 12.5 Å². The van der Waals surface area contributed by atoms with Crippen LogP contribution in [0.5, 0.6) is 5.75 Å². The van der Waals surface area contributed by atoms with Crippen LogP contribution in [0, 0.1) is 0 Å². The van der Waals surface area contributed by atoms with E-state index < -0.39 is 0 Å². The Labute approximate surface area is 188 Å². The summed E-state index contributed by atoms with van der Waals surface area (Å²) < 4.78 is 7.77. The predicted octanol–water partition coefficient (Wildman–Crippen LogP) is 3.72. The molecule has 3 aromatic rings. The molecular weight excluding hydrogens is 402 g/mol. The molecular formula is C25H29N5O2. The molecule has 0 spiro atoms. The average molecular weight is 432 g/mol. The highest BCUT2D eigenvalue weighted by Crippen LogP contribution is 2.32. The molecule has 2 aromatic heterocycles. The first-order valence-corrected chi connectivity index (χ1v) is 11.5. The Hall–Kier alpha value is -3.19. The van der Waals surface area contributed by atoms with Gasteiger partial charge in [0.25, 0.3) is 5.91 Å². The third-order valence-corrected chi connectivity index (χ3v) is 6.36. The van der Waals surface area contributed by atoms with Crippen molar-refractivity contribution in [3.63, 3.8) is 0 Å². The van der Waals surface area contributed by atoms with E-state index in [1.165, 1.54) is 25.9 Å². The van der Waals surface area contributed by atoms with E-state index >= 15 is 0 Å². The van der Waals surface area contributed by atoms with Gasteiger partial charge in [-0.3, -0.25) is 14.3 Å². The second-order valence-electron chi connectivity index (χ2n) is 8.47. The molecule has 1 aromatic carbocycles. The Morgan fingerprint density at radius 3 is 2.66 bits per heavy atom. The van der Waals surface area contributed by atoms with Crippen LogP contribution in [0.1, 0.15) is 47.8 Å². The molecule has 2 aliphatic rings. The van der Waals surface area contributed by atoms with Crippen molar-refractivity contribution in [1.82, 2.24) is 24.3 Å². The van der Waals surface area contributed by atoms with Crippen molar-refractivity contribution in [2.24, 2.45) is 0 Å². The third-order valence-electron chi connectivity index (χ3n) is 6.36. The number of benzene rings is 1. The molecule has 2 saturated heterocycles. The van der Waals surface area contributed by atoms with Crippen LogP contribution in [0.2, 0.25) is 0 Å². The number of hydrogen-bond acceptors (Lipinski definition) is 5. The number of pyridine rings is 1. The average Bonchev–Trinajstić information content (AvgIpc) is 3.62. The van der Waals surface area contributed by atoms with Crippen LogP contribution in [0.3, 0.4) is 0 Å². The number of ether oxygens (including phenoxy) is 1. The van der Waals surface area contributed by atoms with Crippen LogP contribution < -0.4 is 4.74 Å². The zero-order chi connectivity index (χ0) is 21.8. The van der Waals surface area contributed by atoms with E-state index in [2.05, 4.69) is 9.88 Å². The molecule has 2 aliphatic heterocycles. The third kappa shape index (κ3) is 4.53. The lowest BCUT2D eigenvalue weighted by Gasteiger charge is -2.25. The molecule has 1 unspecified atom stereocenters. The number of rotatable bonds is 7. The van der Waals surface area contributed by atoms with Gasteiger partial charge in [-0.05, 0) is 75.2 Å². The molecule has 0 radical (unpaired) electrons. The summed E-state index contributed by atoms with van der Waals surface area (Å²) in [5.41, 5.74) is 1.61. The monoisotopic (exact) mass is 431 g/mol. The number of hydrogen-bond donors (Lipinski definition) is 0. The van der Waals surface area contributed by atoms with Gasteiger partial charge in [0.1, 0.15) is 24.5 Å². The minimum Gasteiger partial charge on any atom is -0.492 e. The van der Waals surface area contributed by atoms with Crippen molar-refractivity contribution >= 4 is 5.91 Å². The highest BCUT2D eigenvalue weighted by molar-refractivity contribution is 5.94. The normalized spacial score (nSPS) is 18.9. The van der Waals surface area contributed by atoms with Gasteiger partial charge in [-0.2, -0.15) is 0 Å². The van der Waals surface area contributed by atoms with Crippen LogP contribution >= 0.6 is 0 Å². The highest BCUT2D eigenvalue weighted by atomic mass is 16.5. The number of carbonyl (C=O) groups is 1. The van der Waals surface area contributed by atoms with Crippen LogP contribution in [0.15, 0.2) is 61.2 Å². The summed E-state index contributed by atoms with van der Waals surface area (Å²) in [7, 11) is 0. The van der Waals surface area contributed by atoms with Gasteiger partial charge in [-0.1, -0.05) is 6.07 Å². The van der Waals surface area contributed by atoms with E-state index in [9.17, 15) is 4.79 Å². The lowest BCUT2D eigenvalue weighted by molar-refractivity contribution is 0.0733. The van der Waals surface area contributed by atoms with Crippen LogP contribution in [0.4, 0.5) is 0 Å². The molecule has 32 heavy (non-hydrogen) atoms. The lowest BCUT2D eigenvalue weighted by atomic mass is 10.1. The number of likely N-dealkylation sites (tertiary alicyclic amines) is 2. The fourth-order valence-electron chi connectivity index (χ4n) is 4.64. The SMILES string of the molecule is O=C(c1ccc(OCCN2CCCC2)cc1)N1CCCC1c1cccc(-n2ccnc2)n1. The van der Waals surface area contributed by atoms with Gasteiger partial charge in [0.15, 0.2) is 0 Å². The molecule has 0 saturated carbocycles. The number of imidazole rings is 1. The minimum absolute atomic E-state index is 0.0117. The highest BCUT2D eigenvalue weighted by Gasteiger charge is 2.31. The van der Waals surface area contributed by atoms with Crippen molar-refractivity contribution in [3.8, 4) is 11.6 Å². The molecule has 2 fully saturated rings. The largest absolute Gasteiger partial charge is 0.492 e. The smallest absolute Gasteiger partial charge is 0.254 e. The van der Waals surface area contributed by atoms with Gasteiger partial charge in [0, 0.05) is 31.0 Å². The summed E-state index contributed by atoms with van der Waals surface area (Å²) in [6.07, 6.45) is 9.82. The van der Waals surface area contributed by atoms with Crippen LogP contribution in [0.25, 0.3) is 5.82 Å². The summed E-state index contributed by atoms with van der Waals surface area (Å²) in [6.45, 7) is 4.73. The number of nitrogens with zero attached hydrogens (tertiary/aromatic N) is 5. The minimum atomic E-state index is -0.0117. The van der Waals surface area contributed by atoms with Crippen molar-refractivity contribution in [2.75, 3.05) is 32.8 Å². The predicted molar refractivity (Wildman–Crippen MR) is 122 cm³/mol. The summed E-state index contributed by atoms with van der Waals surface area (Å²) in [5.74, 6) is 1.68. The maximum Gasteiger partial charge on any atom is 0.254 e. The molecule has 0 aliphatic carbocycles. The van der Waals surface area contributed by atoms with Crippen molar-refractivity contribution in [1.29, 1.82) is 0 Å². The molecule has 0 bridgehead atoms. The number of aromatic nitrogens is 3. The number of carbonyl (C=O) groups excluding carboxylic acids is 1. The van der Waals surface area contributed by atoms with E-state index in [1.807, 2.05) is 58.1 Å². The Morgan fingerprint density at radius 2 is 1.88 bits per heavy atom. The maximum atomic E-state index is 13.3. The summed E-state index contributed by atoms with van der Waals surface area (Å²) in [4.78, 5) is 26.6. The summed E-state index contributed by atoms with van der Waals surface area (Å²) in [6, 6.07) is 13.5. The Bertz CT molecular complexity index is 1030. The van der Waals surface area contributed by atoms with Crippen LogP contribution in [-0.2, 0) is 0 Å². The standard InChI is InChI=1S/C25H29N5O2/c31-25(20-8-10-21(11-9-20)32-18-17-28-13-1-2-14-28)30-15-4-6-23(30)22-5-3-7-24(27-22)29-16-12-26-19-29/h3,5,7-12,16,19,23H,1-2,4,6,13-15,17-18H2. The van der Waals surface area contributed by atoms with Gasteiger partial charge in [-0.25, -0.2) is 9.97 Å². The quantitative estimate of drug-likeness (QED) is 0.571. The van der Waals surface area contributed by atoms with Crippen molar-refractivity contribution in [2.45, 2.75) is 31.7 Å². The van der Waals surface area contributed by atoms with E-state index in [4.69, 9.17) is 9.72 Å². The zero-order valence-electron chi connectivity index (χ0n) is 18.3. The van der Waals surface area contributed by atoms with Gasteiger partial charge < -0.3 is 9.64 Å². The van der Waals surface area contributed by atoms with Gasteiger partial charge in [0.05, 0.1) is 11.7 Å².